The molecule has 0 aliphatic rings. The van der Waals surface area contributed by atoms with Crippen molar-refractivity contribution in [2.45, 2.75) is 13.3 Å². The monoisotopic (exact) mass is 485 g/mol. The molecule has 2 aromatic rings. The van der Waals surface area contributed by atoms with Crippen molar-refractivity contribution in [1.29, 1.82) is 0 Å². The van der Waals surface area contributed by atoms with Gasteiger partial charge in [-0.25, -0.2) is 0 Å². The van der Waals surface area contributed by atoms with Gasteiger partial charge in [-0.15, -0.1) is 0 Å². The number of hydrogen-bond acceptors (Lipinski definition) is 5. The molecular weight excluding hydrogens is 470 g/mol. The molecule has 0 radical (unpaired) electrons. The van der Waals surface area contributed by atoms with Crippen molar-refractivity contribution in [2.75, 3.05) is 19.5 Å². The molecule has 0 spiro atoms. The lowest BCUT2D eigenvalue weighted by Crippen LogP contribution is -2.07. The van der Waals surface area contributed by atoms with Crippen LogP contribution in [-0.2, 0) is 20.7 Å². The number of methoxy groups -OCH3 is 2. The van der Waals surface area contributed by atoms with Crippen molar-refractivity contribution in [3.63, 3.8) is 0 Å². The van der Waals surface area contributed by atoms with Gasteiger partial charge in [-0.2, -0.15) is 0 Å². The van der Waals surface area contributed by atoms with E-state index in [2.05, 4.69) is 41.9 Å². The summed E-state index contributed by atoms with van der Waals surface area (Å²) < 4.78 is 17.2. The number of benzene rings is 2. The zero-order chi connectivity index (χ0) is 19.3. The third kappa shape index (κ3) is 5.22. The van der Waals surface area contributed by atoms with Gasteiger partial charge in [0, 0.05) is 13.0 Å². The van der Waals surface area contributed by atoms with E-state index in [0.717, 1.165) is 5.56 Å². The summed E-state index contributed by atoms with van der Waals surface area (Å²) in [4.78, 5) is 22.8. The van der Waals surface area contributed by atoms with Crippen LogP contribution in [0.3, 0.4) is 0 Å². The van der Waals surface area contributed by atoms with Gasteiger partial charge in [-0.3, -0.25) is 9.59 Å². The fourth-order valence-electron chi connectivity index (χ4n) is 2.21. The molecule has 138 valence electrons. The number of amides is 1. The van der Waals surface area contributed by atoms with E-state index < -0.39 is 0 Å². The zero-order valence-corrected chi connectivity index (χ0v) is 17.6. The summed E-state index contributed by atoms with van der Waals surface area (Å²) in [5.74, 6) is 1.04. The van der Waals surface area contributed by atoms with E-state index in [0.29, 0.717) is 31.9 Å². The Morgan fingerprint density at radius 2 is 1.73 bits per heavy atom. The molecule has 0 unspecified atom stereocenters. The lowest BCUT2D eigenvalue weighted by atomic mass is 10.1. The summed E-state index contributed by atoms with van der Waals surface area (Å²) in [7, 11) is 2.87. The molecule has 0 fully saturated rings. The molecule has 0 atom stereocenters. The first-order chi connectivity index (χ1) is 12.3. The van der Waals surface area contributed by atoms with Crippen LogP contribution in [0.2, 0.25) is 0 Å². The summed E-state index contributed by atoms with van der Waals surface area (Å²) in [5, 5.41) is 2.70. The fourth-order valence-corrected chi connectivity index (χ4v) is 3.65. The Morgan fingerprint density at radius 1 is 1.08 bits per heavy atom. The van der Waals surface area contributed by atoms with Crippen molar-refractivity contribution in [1.82, 2.24) is 0 Å². The molecule has 0 aliphatic heterocycles. The normalized spacial score (nSPS) is 10.2. The Hall–Kier alpha value is -2.06. The lowest BCUT2D eigenvalue weighted by Gasteiger charge is -2.14. The molecule has 8 heteroatoms. The maximum Gasteiger partial charge on any atom is 0.309 e. The Balaban J connectivity index is 2.30. The van der Waals surface area contributed by atoms with Crippen molar-refractivity contribution in [2.24, 2.45) is 0 Å². The first-order valence-corrected chi connectivity index (χ1v) is 9.11. The maximum absolute atomic E-state index is 11.4. The molecule has 0 heterocycles. The summed E-state index contributed by atoms with van der Waals surface area (Å²) in [5.41, 5.74) is 1.28. The SMILES string of the molecule is COC(=O)Cc1cc(Br)c(Oc2ccc(OC)c(NC(C)=O)c2)c(Br)c1. The van der Waals surface area contributed by atoms with Crippen molar-refractivity contribution in [3.8, 4) is 17.2 Å². The first kappa shape index (κ1) is 20.3. The van der Waals surface area contributed by atoms with Crippen LogP contribution in [0.4, 0.5) is 5.69 Å². The van der Waals surface area contributed by atoms with Crippen LogP contribution < -0.4 is 14.8 Å². The minimum Gasteiger partial charge on any atom is -0.495 e. The predicted octanol–water partition coefficient (Wildman–Crippen LogP) is 4.69. The molecule has 0 saturated carbocycles. The van der Waals surface area contributed by atoms with Gasteiger partial charge in [0.15, 0.2) is 5.75 Å². The smallest absolute Gasteiger partial charge is 0.309 e. The first-order valence-electron chi connectivity index (χ1n) is 7.52. The fraction of sp³-hybridized carbons (Fsp3) is 0.222. The number of rotatable bonds is 6. The molecule has 0 saturated heterocycles. The number of anilines is 1. The number of carbonyl (C=O) groups excluding carboxylic acids is 2. The lowest BCUT2D eigenvalue weighted by molar-refractivity contribution is -0.139. The molecule has 1 amide bonds. The molecule has 2 rings (SSSR count). The van der Waals surface area contributed by atoms with E-state index in [-0.39, 0.29) is 18.3 Å². The Morgan fingerprint density at radius 3 is 2.27 bits per heavy atom. The third-order valence-corrected chi connectivity index (χ3v) is 4.51. The summed E-state index contributed by atoms with van der Waals surface area (Å²) in [6.07, 6.45) is 0.156. The van der Waals surface area contributed by atoms with E-state index in [1.165, 1.54) is 21.1 Å². The highest BCUT2D eigenvalue weighted by Crippen LogP contribution is 2.39. The number of nitrogens with one attached hydrogen (secondary N) is 1. The average molecular weight is 487 g/mol. The Labute approximate surface area is 168 Å². The maximum atomic E-state index is 11.4. The second kappa shape index (κ2) is 9.05. The topological polar surface area (TPSA) is 73.9 Å². The minimum atomic E-state index is -0.326. The van der Waals surface area contributed by atoms with Gasteiger partial charge in [0.2, 0.25) is 5.91 Å². The highest BCUT2D eigenvalue weighted by atomic mass is 79.9. The molecule has 0 aliphatic carbocycles. The van der Waals surface area contributed by atoms with E-state index in [1.54, 1.807) is 30.3 Å². The molecule has 0 aromatic heterocycles. The number of halogens is 2. The van der Waals surface area contributed by atoms with Gasteiger partial charge in [-0.05, 0) is 61.7 Å². The van der Waals surface area contributed by atoms with Crippen molar-refractivity contribution >= 4 is 49.4 Å². The number of esters is 1. The highest BCUT2D eigenvalue weighted by Gasteiger charge is 2.14. The van der Waals surface area contributed by atoms with Crippen LogP contribution in [0.25, 0.3) is 0 Å². The van der Waals surface area contributed by atoms with Gasteiger partial charge in [0.05, 0.1) is 35.3 Å². The summed E-state index contributed by atoms with van der Waals surface area (Å²) in [6.45, 7) is 1.42. The molecule has 2 aromatic carbocycles. The summed E-state index contributed by atoms with van der Waals surface area (Å²) in [6, 6.07) is 8.67. The third-order valence-electron chi connectivity index (χ3n) is 3.34. The largest absolute Gasteiger partial charge is 0.495 e. The Bertz CT molecular complexity index is 815. The molecule has 26 heavy (non-hydrogen) atoms. The van der Waals surface area contributed by atoms with Gasteiger partial charge in [0.25, 0.3) is 0 Å². The standard InChI is InChI=1S/C18H17Br2NO5/c1-10(22)21-15-9-12(4-5-16(15)24-2)26-18-13(19)6-11(7-14(18)20)8-17(23)25-3/h4-7,9H,8H2,1-3H3,(H,21,22). The Kier molecular flexibility index (Phi) is 7.05. The van der Waals surface area contributed by atoms with Gasteiger partial charge < -0.3 is 19.5 Å². The molecule has 1 N–H and O–H groups in total. The number of hydrogen-bond donors (Lipinski definition) is 1. The molecule has 6 nitrogen and oxygen atoms in total. The predicted molar refractivity (Wildman–Crippen MR) is 105 cm³/mol. The average Bonchev–Trinajstić information content (AvgIpc) is 2.57. The number of carbonyl (C=O) groups is 2. The van der Waals surface area contributed by atoms with Gasteiger partial charge in [-0.1, -0.05) is 0 Å². The van der Waals surface area contributed by atoms with Crippen molar-refractivity contribution in [3.05, 3.63) is 44.8 Å². The van der Waals surface area contributed by atoms with Gasteiger partial charge >= 0.3 is 5.97 Å². The quantitative estimate of drug-likeness (QED) is 0.599. The van der Waals surface area contributed by atoms with Crippen LogP contribution in [0.1, 0.15) is 12.5 Å². The van der Waals surface area contributed by atoms with E-state index >= 15 is 0 Å². The van der Waals surface area contributed by atoms with E-state index in [4.69, 9.17) is 9.47 Å². The zero-order valence-electron chi connectivity index (χ0n) is 14.4. The van der Waals surface area contributed by atoms with Crippen LogP contribution in [0, 0.1) is 0 Å². The van der Waals surface area contributed by atoms with E-state index in [9.17, 15) is 9.59 Å². The number of ether oxygens (including phenoxy) is 3. The molecule has 0 bridgehead atoms. The van der Waals surface area contributed by atoms with E-state index in [1.807, 2.05) is 0 Å². The summed E-state index contributed by atoms with van der Waals surface area (Å²) >= 11 is 6.91. The second-order valence-corrected chi connectivity index (χ2v) is 7.00. The molecular formula is C18H17Br2NO5. The minimum absolute atomic E-state index is 0.156. The second-order valence-electron chi connectivity index (χ2n) is 5.29. The van der Waals surface area contributed by atoms with Crippen LogP contribution in [-0.4, -0.2) is 26.1 Å². The van der Waals surface area contributed by atoms with Crippen LogP contribution in [0.5, 0.6) is 17.2 Å². The van der Waals surface area contributed by atoms with Crippen LogP contribution in [0.15, 0.2) is 39.3 Å². The van der Waals surface area contributed by atoms with Crippen LogP contribution >= 0.6 is 31.9 Å². The van der Waals surface area contributed by atoms with Crippen molar-refractivity contribution < 1.29 is 23.8 Å². The van der Waals surface area contributed by atoms with Gasteiger partial charge in [0.1, 0.15) is 11.5 Å². The highest BCUT2D eigenvalue weighted by molar-refractivity contribution is 9.11.